The molecule has 0 aliphatic rings. The van der Waals surface area contributed by atoms with Crippen molar-refractivity contribution in [1.82, 2.24) is 5.32 Å². The lowest BCUT2D eigenvalue weighted by Crippen LogP contribution is -2.22. The summed E-state index contributed by atoms with van der Waals surface area (Å²) in [7, 11) is 0. The highest BCUT2D eigenvalue weighted by molar-refractivity contribution is 9.10. The van der Waals surface area contributed by atoms with E-state index in [1.165, 1.54) is 4.88 Å². The highest BCUT2D eigenvalue weighted by Gasteiger charge is 2.15. The lowest BCUT2D eigenvalue weighted by Gasteiger charge is -2.14. The van der Waals surface area contributed by atoms with Gasteiger partial charge in [-0.25, -0.2) is 0 Å². The van der Waals surface area contributed by atoms with Crippen LogP contribution in [0.4, 0.5) is 0 Å². The Morgan fingerprint density at radius 2 is 2.24 bits per heavy atom. The number of likely N-dealkylation sites (N-methyl/N-ethyl adjacent to an activating group) is 1. The van der Waals surface area contributed by atoms with Gasteiger partial charge in [0.05, 0.1) is 10.4 Å². The monoisotopic (exact) mass is 333 g/mol. The van der Waals surface area contributed by atoms with Crippen molar-refractivity contribution in [3.05, 3.63) is 43.9 Å². The van der Waals surface area contributed by atoms with Crippen LogP contribution in [0.15, 0.2) is 33.4 Å². The van der Waals surface area contributed by atoms with Crippen molar-refractivity contribution in [3.8, 4) is 0 Å². The van der Waals surface area contributed by atoms with Crippen LogP contribution < -0.4 is 5.32 Å². The van der Waals surface area contributed by atoms with E-state index in [0.29, 0.717) is 0 Å². The van der Waals surface area contributed by atoms with E-state index in [4.69, 9.17) is 16.0 Å². The van der Waals surface area contributed by atoms with Gasteiger partial charge >= 0.3 is 0 Å². The van der Waals surface area contributed by atoms with Crippen LogP contribution in [0.25, 0.3) is 0 Å². The molecule has 0 fully saturated rings. The molecule has 0 aromatic carbocycles. The van der Waals surface area contributed by atoms with Crippen molar-refractivity contribution in [3.63, 3.8) is 0 Å². The van der Waals surface area contributed by atoms with Gasteiger partial charge < -0.3 is 9.73 Å². The van der Waals surface area contributed by atoms with Crippen LogP contribution in [0.2, 0.25) is 4.34 Å². The van der Waals surface area contributed by atoms with Crippen LogP contribution in [0.1, 0.15) is 23.6 Å². The van der Waals surface area contributed by atoms with Crippen LogP contribution in [0.3, 0.4) is 0 Å². The third kappa shape index (κ3) is 3.58. The lowest BCUT2D eigenvalue weighted by molar-refractivity contribution is 0.406. The smallest absolute Gasteiger partial charge is 0.169 e. The molecule has 2 aromatic heterocycles. The first kappa shape index (κ1) is 13.1. The van der Waals surface area contributed by atoms with Crippen molar-refractivity contribution in [2.75, 3.05) is 6.54 Å². The van der Waals surface area contributed by atoms with Gasteiger partial charge in [0.1, 0.15) is 5.76 Å². The second-order valence-electron chi connectivity index (χ2n) is 3.66. The van der Waals surface area contributed by atoms with Gasteiger partial charge in [0.2, 0.25) is 0 Å². The number of thiophene rings is 1. The minimum Gasteiger partial charge on any atom is -0.453 e. The summed E-state index contributed by atoms with van der Waals surface area (Å²) in [6, 6.07) is 8.10. The van der Waals surface area contributed by atoms with Crippen molar-refractivity contribution >= 4 is 38.9 Å². The zero-order valence-electron chi connectivity index (χ0n) is 9.37. The fourth-order valence-corrected chi connectivity index (χ4v) is 3.15. The molecule has 2 aromatic rings. The van der Waals surface area contributed by atoms with E-state index in [-0.39, 0.29) is 6.04 Å². The quantitative estimate of drug-likeness (QED) is 0.861. The number of halogens is 2. The predicted octanol–water partition coefficient (Wildman–Crippen LogP) is 4.65. The molecule has 0 spiro atoms. The van der Waals surface area contributed by atoms with E-state index in [9.17, 15) is 0 Å². The largest absolute Gasteiger partial charge is 0.453 e. The Balaban J connectivity index is 2.12. The molecule has 0 aliphatic carbocycles. The maximum Gasteiger partial charge on any atom is 0.169 e. The highest BCUT2D eigenvalue weighted by atomic mass is 79.9. The maximum absolute atomic E-state index is 5.94. The molecule has 0 amide bonds. The summed E-state index contributed by atoms with van der Waals surface area (Å²) < 4.78 is 7.20. The zero-order valence-corrected chi connectivity index (χ0v) is 12.5. The number of hydrogen-bond donors (Lipinski definition) is 1. The fraction of sp³-hybridized carbons (Fsp3) is 0.333. The SMILES string of the molecule is CCNC(Cc1ccc(Cl)s1)c1ccc(Br)o1. The molecule has 17 heavy (non-hydrogen) atoms. The standard InChI is InChI=1S/C12H13BrClNOS/c1-2-15-9(10-4-5-11(13)16-10)7-8-3-6-12(14)17-8/h3-6,9,15H,2,7H2,1H3. The summed E-state index contributed by atoms with van der Waals surface area (Å²) in [6.45, 7) is 2.99. The van der Waals surface area contributed by atoms with Crippen molar-refractivity contribution in [2.45, 2.75) is 19.4 Å². The lowest BCUT2D eigenvalue weighted by atomic mass is 10.1. The Hall–Kier alpha value is -0.290. The number of furan rings is 1. The third-order valence-electron chi connectivity index (χ3n) is 2.42. The molecule has 0 radical (unpaired) electrons. The average molecular weight is 335 g/mol. The topological polar surface area (TPSA) is 25.2 Å². The Morgan fingerprint density at radius 3 is 2.76 bits per heavy atom. The fourth-order valence-electron chi connectivity index (χ4n) is 1.70. The van der Waals surface area contributed by atoms with E-state index in [1.54, 1.807) is 11.3 Å². The van der Waals surface area contributed by atoms with Crippen LogP contribution in [-0.4, -0.2) is 6.54 Å². The van der Waals surface area contributed by atoms with Gasteiger partial charge in [-0.3, -0.25) is 0 Å². The summed E-state index contributed by atoms with van der Waals surface area (Å²) in [5, 5.41) is 3.42. The zero-order chi connectivity index (χ0) is 12.3. The molecule has 0 saturated heterocycles. The molecule has 1 N–H and O–H groups in total. The van der Waals surface area contributed by atoms with Gasteiger partial charge in [0.15, 0.2) is 4.67 Å². The molecule has 5 heteroatoms. The van der Waals surface area contributed by atoms with Crippen LogP contribution in [0.5, 0.6) is 0 Å². The van der Waals surface area contributed by atoms with Gasteiger partial charge in [-0.15, -0.1) is 11.3 Å². The normalized spacial score (nSPS) is 12.9. The van der Waals surface area contributed by atoms with E-state index >= 15 is 0 Å². The van der Waals surface area contributed by atoms with E-state index < -0.39 is 0 Å². The second kappa shape index (κ2) is 6.05. The molecular formula is C12H13BrClNOS. The third-order valence-corrected chi connectivity index (χ3v) is 4.10. The average Bonchev–Trinajstić information content (AvgIpc) is 2.87. The molecule has 0 bridgehead atoms. The Morgan fingerprint density at radius 1 is 1.41 bits per heavy atom. The number of nitrogens with one attached hydrogen (secondary N) is 1. The maximum atomic E-state index is 5.94. The Labute approximate surface area is 118 Å². The van der Waals surface area contributed by atoms with Crippen molar-refractivity contribution in [1.29, 1.82) is 0 Å². The molecule has 0 saturated carbocycles. The van der Waals surface area contributed by atoms with Crippen LogP contribution in [-0.2, 0) is 6.42 Å². The summed E-state index contributed by atoms with van der Waals surface area (Å²) in [5.74, 6) is 0.947. The van der Waals surface area contributed by atoms with Gasteiger partial charge in [-0.2, -0.15) is 0 Å². The molecule has 2 heterocycles. The van der Waals surface area contributed by atoms with Gasteiger partial charge in [-0.1, -0.05) is 18.5 Å². The first-order valence-electron chi connectivity index (χ1n) is 5.42. The van der Waals surface area contributed by atoms with Gasteiger partial charge in [0, 0.05) is 11.3 Å². The summed E-state index contributed by atoms with van der Waals surface area (Å²) in [4.78, 5) is 1.26. The minimum absolute atomic E-state index is 0.195. The van der Waals surface area contributed by atoms with Gasteiger partial charge in [0.25, 0.3) is 0 Å². The number of rotatable bonds is 5. The van der Waals surface area contributed by atoms with Crippen molar-refractivity contribution in [2.24, 2.45) is 0 Å². The molecule has 0 aliphatic heterocycles. The Bertz CT molecular complexity index is 482. The molecule has 92 valence electrons. The number of hydrogen-bond acceptors (Lipinski definition) is 3. The predicted molar refractivity (Wildman–Crippen MR) is 75.9 cm³/mol. The molecule has 1 unspecified atom stereocenters. The molecule has 2 rings (SSSR count). The first-order chi connectivity index (χ1) is 8.19. The van der Waals surface area contributed by atoms with E-state index in [0.717, 1.165) is 27.7 Å². The summed E-state index contributed by atoms with van der Waals surface area (Å²) in [5.41, 5.74) is 0. The highest BCUT2D eigenvalue weighted by Crippen LogP contribution is 2.28. The van der Waals surface area contributed by atoms with E-state index in [1.807, 2.05) is 18.2 Å². The summed E-state index contributed by atoms with van der Waals surface area (Å²) >= 11 is 10.9. The Kier molecular flexibility index (Phi) is 4.68. The molecular weight excluding hydrogens is 322 g/mol. The van der Waals surface area contributed by atoms with Gasteiger partial charge in [-0.05, 0) is 46.7 Å². The summed E-state index contributed by atoms with van der Waals surface area (Å²) in [6.07, 6.45) is 0.894. The first-order valence-corrected chi connectivity index (χ1v) is 7.40. The molecule has 1 atom stereocenters. The van der Waals surface area contributed by atoms with Crippen molar-refractivity contribution < 1.29 is 4.42 Å². The molecule has 2 nitrogen and oxygen atoms in total. The van der Waals surface area contributed by atoms with Crippen LogP contribution >= 0.6 is 38.9 Å². The van der Waals surface area contributed by atoms with Crippen LogP contribution in [0, 0.1) is 0 Å². The second-order valence-corrected chi connectivity index (χ2v) is 6.24. The van der Waals surface area contributed by atoms with E-state index in [2.05, 4.69) is 34.2 Å². The minimum atomic E-state index is 0.195.